The van der Waals surface area contributed by atoms with Crippen LogP contribution in [0.1, 0.15) is 62.3 Å². The Labute approximate surface area is 108 Å². The minimum Gasteiger partial charge on any atom is -0.391 e. The van der Waals surface area contributed by atoms with Gasteiger partial charge in [0, 0.05) is 12.1 Å². The van der Waals surface area contributed by atoms with E-state index in [4.69, 9.17) is 5.11 Å². The molecule has 1 aliphatic carbocycles. The van der Waals surface area contributed by atoms with Gasteiger partial charge in [0.05, 0.1) is 16.5 Å². The van der Waals surface area contributed by atoms with Crippen molar-refractivity contribution in [3.63, 3.8) is 0 Å². The summed E-state index contributed by atoms with van der Waals surface area (Å²) in [6.07, 6.45) is 7.00. The van der Waals surface area contributed by atoms with Crippen molar-refractivity contribution >= 4 is 11.3 Å². The molecule has 0 amide bonds. The molecule has 0 bridgehead atoms. The lowest BCUT2D eigenvalue weighted by atomic mass is 9.70. The molecule has 0 radical (unpaired) electrons. The first kappa shape index (κ1) is 13.0. The van der Waals surface area contributed by atoms with Gasteiger partial charge in [-0.2, -0.15) is 0 Å². The zero-order chi connectivity index (χ0) is 12.5. The summed E-state index contributed by atoms with van der Waals surface area (Å²) in [7, 11) is 0. The third-order valence-corrected chi connectivity index (χ3v) is 5.17. The highest BCUT2D eigenvalue weighted by Gasteiger charge is 2.31. The van der Waals surface area contributed by atoms with Gasteiger partial charge in [-0.15, -0.1) is 11.3 Å². The molecule has 2 rings (SSSR count). The molecule has 0 atom stereocenters. The van der Waals surface area contributed by atoms with Crippen molar-refractivity contribution in [2.45, 2.75) is 59.0 Å². The molecule has 17 heavy (non-hydrogen) atoms. The summed E-state index contributed by atoms with van der Waals surface area (Å²) in [5.74, 6) is 1.50. The first-order valence-corrected chi connectivity index (χ1v) is 7.38. The molecule has 1 N–H and O–H groups in total. The van der Waals surface area contributed by atoms with Crippen molar-refractivity contribution in [3.05, 3.63) is 16.1 Å². The van der Waals surface area contributed by atoms with Crippen molar-refractivity contribution < 1.29 is 5.11 Å². The summed E-state index contributed by atoms with van der Waals surface area (Å²) < 4.78 is 0. The molecule has 1 aromatic heterocycles. The number of aliphatic hydroxyl groups is 1. The van der Waals surface area contributed by atoms with E-state index in [0.717, 1.165) is 10.8 Å². The van der Waals surface area contributed by atoms with Gasteiger partial charge in [-0.25, -0.2) is 4.98 Å². The summed E-state index contributed by atoms with van der Waals surface area (Å²) in [4.78, 5) is 5.45. The largest absolute Gasteiger partial charge is 0.391 e. The molecule has 0 aromatic carbocycles. The van der Waals surface area contributed by atoms with Crippen LogP contribution >= 0.6 is 11.3 Å². The third-order valence-electron chi connectivity index (χ3n) is 4.03. The monoisotopic (exact) mass is 253 g/mol. The van der Waals surface area contributed by atoms with Crippen LogP contribution in [0, 0.1) is 11.3 Å². The molecule has 1 fully saturated rings. The summed E-state index contributed by atoms with van der Waals surface area (Å²) in [6.45, 7) is 7.19. The molecule has 96 valence electrons. The summed E-state index contributed by atoms with van der Waals surface area (Å²) in [5, 5.41) is 10.3. The number of thiazole rings is 1. The van der Waals surface area contributed by atoms with Gasteiger partial charge in [-0.05, 0) is 37.0 Å². The molecule has 1 aromatic rings. The number of aliphatic hydroxyl groups excluding tert-OH is 1. The molecule has 0 saturated heterocycles. The summed E-state index contributed by atoms with van der Waals surface area (Å²) in [5.41, 5.74) is 0.449. The maximum absolute atomic E-state index is 9.07. The highest BCUT2D eigenvalue weighted by Crippen LogP contribution is 2.43. The Morgan fingerprint density at radius 3 is 2.41 bits per heavy atom. The molecule has 1 aliphatic rings. The van der Waals surface area contributed by atoms with Gasteiger partial charge in [0.15, 0.2) is 0 Å². The second-order valence-corrected chi connectivity index (χ2v) is 7.38. The molecule has 1 saturated carbocycles. The van der Waals surface area contributed by atoms with E-state index in [2.05, 4.69) is 25.8 Å². The fourth-order valence-electron chi connectivity index (χ4n) is 2.79. The van der Waals surface area contributed by atoms with Crippen LogP contribution in [-0.2, 0) is 6.61 Å². The van der Waals surface area contributed by atoms with Crippen molar-refractivity contribution in [3.8, 4) is 0 Å². The maximum Gasteiger partial charge on any atom is 0.0959 e. The average molecular weight is 253 g/mol. The predicted molar refractivity (Wildman–Crippen MR) is 72.2 cm³/mol. The zero-order valence-corrected chi connectivity index (χ0v) is 11.9. The fraction of sp³-hybridized carbons (Fsp3) is 0.786. The van der Waals surface area contributed by atoms with Gasteiger partial charge < -0.3 is 5.11 Å². The van der Waals surface area contributed by atoms with Crippen molar-refractivity contribution in [1.29, 1.82) is 0 Å². The molecular formula is C14H23NOS. The molecule has 0 spiro atoms. The average Bonchev–Trinajstić information content (AvgIpc) is 2.76. The van der Waals surface area contributed by atoms with E-state index in [0.29, 0.717) is 11.3 Å². The summed E-state index contributed by atoms with van der Waals surface area (Å²) in [6, 6.07) is 0. The van der Waals surface area contributed by atoms with Gasteiger partial charge in [-0.1, -0.05) is 20.8 Å². The van der Waals surface area contributed by atoms with Crippen LogP contribution in [0.15, 0.2) is 6.20 Å². The molecule has 0 unspecified atom stereocenters. The summed E-state index contributed by atoms with van der Waals surface area (Å²) >= 11 is 1.69. The van der Waals surface area contributed by atoms with Crippen molar-refractivity contribution in [2.24, 2.45) is 11.3 Å². The maximum atomic E-state index is 9.07. The normalized spacial score (nSPS) is 26.1. The highest BCUT2D eigenvalue weighted by atomic mass is 32.1. The third kappa shape index (κ3) is 3.08. The van der Waals surface area contributed by atoms with Crippen LogP contribution in [0.3, 0.4) is 0 Å². The Morgan fingerprint density at radius 1 is 1.29 bits per heavy atom. The van der Waals surface area contributed by atoms with Crippen LogP contribution in [0.4, 0.5) is 0 Å². The zero-order valence-electron chi connectivity index (χ0n) is 11.1. The van der Waals surface area contributed by atoms with Gasteiger partial charge in [0.2, 0.25) is 0 Å². The lowest BCUT2D eigenvalue weighted by Crippen LogP contribution is -2.25. The Morgan fingerprint density at radius 2 is 1.94 bits per heavy atom. The van der Waals surface area contributed by atoms with Gasteiger partial charge in [-0.3, -0.25) is 0 Å². The minimum absolute atomic E-state index is 0.134. The van der Waals surface area contributed by atoms with E-state index in [9.17, 15) is 0 Å². The first-order valence-electron chi connectivity index (χ1n) is 6.56. The SMILES string of the molecule is CC(C)(C)C1CCC(c2ncc(CO)s2)CC1. The molecular weight excluding hydrogens is 230 g/mol. The minimum atomic E-state index is 0.134. The van der Waals surface area contributed by atoms with Crippen LogP contribution < -0.4 is 0 Å². The Bertz CT molecular complexity index is 359. The number of rotatable bonds is 2. The van der Waals surface area contributed by atoms with E-state index in [1.165, 1.54) is 30.7 Å². The predicted octanol–water partition coefficient (Wildman–Crippen LogP) is 3.96. The van der Waals surface area contributed by atoms with Gasteiger partial charge in [0.25, 0.3) is 0 Å². The fourth-order valence-corrected chi connectivity index (χ4v) is 3.74. The van der Waals surface area contributed by atoms with Gasteiger partial charge in [0.1, 0.15) is 0 Å². The Balaban J connectivity index is 1.95. The van der Waals surface area contributed by atoms with Crippen molar-refractivity contribution in [1.82, 2.24) is 4.98 Å². The molecule has 3 heteroatoms. The number of hydrogen-bond donors (Lipinski definition) is 1. The van der Waals surface area contributed by atoms with Crippen molar-refractivity contribution in [2.75, 3.05) is 0 Å². The lowest BCUT2D eigenvalue weighted by Gasteiger charge is -2.36. The Hall–Kier alpha value is -0.410. The molecule has 2 nitrogen and oxygen atoms in total. The van der Waals surface area contributed by atoms with Crippen LogP contribution in [0.25, 0.3) is 0 Å². The highest BCUT2D eigenvalue weighted by molar-refractivity contribution is 7.11. The standard InChI is InChI=1S/C14H23NOS/c1-14(2,3)11-6-4-10(5-7-11)13-15-8-12(9-16)17-13/h8,10-11,16H,4-7,9H2,1-3H3. The smallest absolute Gasteiger partial charge is 0.0959 e. The van der Waals surface area contributed by atoms with E-state index in [1.807, 2.05) is 6.20 Å². The molecule has 1 heterocycles. The number of nitrogens with zero attached hydrogens (tertiary/aromatic N) is 1. The number of hydrogen-bond acceptors (Lipinski definition) is 3. The molecule has 0 aliphatic heterocycles. The first-order chi connectivity index (χ1) is 8.00. The number of aromatic nitrogens is 1. The van der Waals surface area contributed by atoms with Crippen LogP contribution in [0.2, 0.25) is 0 Å². The second kappa shape index (κ2) is 5.07. The van der Waals surface area contributed by atoms with E-state index in [1.54, 1.807) is 11.3 Å². The van der Waals surface area contributed by atoms with E-state index >= 15 is 0 Å². The Kier molecular flexibility index (Phi) is 3.88. The quantitative estimate of drug-likeness (QED) is 0.865. The van der Waals surface area contributed by atoms with E-state index in [-0.39, 0.29) is 6.61 Å². The lowest BCUT2D eigenvalue weighted by molar-refractivity contribution is 0.169. The van der Waals surface area contributed by atoms with Crippen LogP contribution in [0.5, 0.6) is 0 Å². The van der Waals surface area contributed by atoms with Crippen LogP contribution in [-0.4, -0.2) is 10.1 Å². The van der Waals surface area contributed by atoms with Gasteiger partial charge >= 0.3 is 0 Å². The topological polar surface area (TPSA) is 33.1 Å². The van der Waals surface area contributed by atoms with E-state index < -0.39 is 0 Å². The second-order valence-electron chi connectivity index (χ2n) is 6.24.